The van der Waals surface area contributed by atoms with Gasteiger partial charge in [-0.1, -0.05) is 50.3 Å². The number of nitrogens with zero attached hydrogens (tertiary/aromatic N) is 1. The zero-order valence-corrected chi connectivity index (χ0v) is 11.9. The minimum absolute atomic E-state index is 0.479. The van der Waals surface area contributed by atoms with Crippen molar-refractivity contribution in [1.82, 2.24) is 0 Å². The highest BCUT2D eigenvalue weighted by Crippen LogP contribution is 2.24. The fraction of sp³-hybridized carbons (Fsp3) is 0.412. The second kappa shape index (κ2) is 7.05. The lowest BCUT2D eigenvalue weighted by Gasteiger charge is -2.28. The minimum Gasteiger partial charge on any atom is -0.374 e. The largest absolute Gasteiger partial charge is 0.374 e. The third-order valence-corrected chi connectivity index (χ3v) is 3.41. The maximum atomic E-state index is 4.25. The molecule has 98 valence electrons. The van der Waals surface area contributed by atoms with Crippen LogP contribution >= 0.6 is 0 Å². The van der Waals surface area contributed by atoms with Crippen LogP contribution in [0.25, 0.3) is 0 Å². The van der Waals surface area contributed by atoms with Gasteiger partial charge in [0.25, 0.3) is 0 Å². The van der Waals surface area contributed by atoms with Gasteiger partial charge in [0.05, 0.1) is 0 Å². The van der Waals surface area contributed by atoms with Gasteiger partial charge in [-0.25, -0.2) is 0 Å². The maximum Gasteiger partial charge on any atom is 0.0363 e. The zero-order valence-electron chi connectivity index (χ0n) is 11.9. The zero-order chi connectivity index (χ0) is 13.5. The van der Waals surface area contributed by atoms with E-state index in [1.165, 1.54) is 11.3 Å². The number of rotatable bonds is 7. The normalized spacial score (nSPS) is 12.2. The van der Waals surface area contributed by atoms with Gasteiger partial charge >= 0.3 is 0 Å². The Bertz CT molecular complexity index is 378. The first kappa shape index (κ1) is 14.6. The molecule has 1 aromatic rings. The topological polar surface area (TPSA) is 3.24 Å². The predicted octanol–water partition coefficient (Wildman–Crippen LogP) is 4.53. The van der Waals surface area contributed by atoms with Crippen molar-refractivity contribution in [2.45, 2.75) is 20.3 Å². The van der Waals surface area contributed by atoms with Crippen molar-refractivity contribution in [3.05, 3.63) is 55.1 Å². The number of benzene rings is 1. The van der Waals surface area contributed by atoms with E-state index in [0.717, 1.165) is 13.0 Å². The lowest BCUT2D eigenvalue weighted by molar-refractivity contribution is 0.548. The van der Waals surface area contributed by atoms with E-state index in [1.54, 1.807) is 0 Å². The summed E-state index contributed by atoms with van der Waals surface area (Å²) in [5.41, 5.74) is 2.57. The molecule has 0 bridgehead atoms. The second-order valence-corrected chi connectivity index (χ2v) is 5.17. The Kier molecular flexibility index (Phi) is 5.70. The first-order valence-electron chi connectivity index (χ1n) is 6.62. The van der Waals surface area contributed by atoms with E-state index in [9.17, 15) is 0 Å². The Balaban J connectivity index is 2.72. The average Bonchev–Trinajstić information content (AvgIpc) is 2.38. The van der Waals surface area contributed by atoms with E-state index in [1.807, 2.05) is 12.1 Å². The van der Waals surface area contributed by atoms with E-state index in [4.69, 9.17) is 0 Å². The Hall–Kier alpha value is -1.50. The van der Waals surface area contributed by atoms with Crippen LogP contribution in [0.15, 0.2) is 55.1 Å². The molecule has 0 N–H and O–H groups in total. The van der Waals surface area contributed by atoms with Crippen LogP contribution in [0, 0.1) is 11.8 Å². The van der Waals surface area contributed by atoms with Crippen molar-refractivity contribution in [2.24, 2.45) is 11.8 Å². The molecule has 1 unspecified atom stereocenters. The molecule has 0 aliphatic heterocycles. The Labute approximate surface area is 112 Å². The van der Waals surface area contributed by atoms with Gasteiger partial charge in [0.2, 0.25) is 0 Å². The van der Waals surface area contributed by atoms with E-state index in [-0.39, 0.29) is 0 Å². The smallest absolute Gasteiger partial charge is 0.0363 e. The lowest BCUT2D eigenvalue weighted by atomic mass is 9.88. The van der Waals surface area contributed by atoms with Crippen LogP contribution in [0.2, 0.25) is 0 Å². The number of allylic oxidation sites excluding steroid dienone is 1. The monoisotopic (exact) mass is 243 g/mol. The number of para-hydroxylation sites is 1. The Morgan fingerprint density at radius 2 is 1.89 bits per heavy atom. The predicted molar refractivity (Wildman–Crippen MR) is 82.0 cm³/mol. The molecule has 0 heterocycles. The molecule has 0 saturated carbocycles. The van der Waals surface area contributed by atoms with E-state index < -0.39 is 0 Å². The molecular formula is C17H25N. The third-order valence-electron chi connectivity index (χ3n) is 3.41. The molecule has 0 aliphatic rings. The molecule has 1 rings (SSSR count). The average molecular weight is 243 g/mol. The van der Waals surface area contributed by atoms with Gasteiger partial charge in [0.15, 0.2) is 0 Å². The van der Waals surface area contributed by atoms with Crippen molar-refractivity contribution in [3.8, 4) is 0 Å². The number of hydrogen-bond acceptors (Lipinski definition) is 1. The summed E-state index contributed by atoms with van der Waals surface area (Å²) in [5.74, 6) is 1.01. The van der Waals surface area contributed by atoms with E-state index in [0.29, 0.717) is 11.8 Å². The summed E-state index contributed by atoms with van der Waals surface area (Å²) in [6, 6.07) is 10.5. The van der Waals surface area contributed by atoms with Gasteiger partial charge in [0, 0.05) is 25.2 Å². The van der Waals surface area contributed by atoms with Crippen molar-refractivity contribution in [1.29, 1.82) is 0 Å². The molecule has 0 radical (unpaired) electrons. The van der Waals surface area contributed by atoms with Gasteiger partial charge in [-0.15, -0.1) is 6.58 Å². The summed E-state index contributed by atoms with van der Waals surface area (Å²) in [4.78, 5) is 2.29. The van der Waals surface area contributed by atoms with Crippen molar-refractivity contribution in [3.63, 3.8) is 0 Å². The molecule has 0 aromatic heterocycles. The highest BCUT2D eigenvalue weighted by Gasteiger charge is 2.16. The van der Waals surface area contributed by atoms with Crippen LogP contribution in [0.1, 0.15) is 20.3 Å². The van der Waals surface area contributed by atoms with E-state index in [2.05, 4.69) is 63.2 Å². The molecule has 0 fully saturated rings. The second-order valence-electron chi connectivity index (χ2n) is 5.17. The summed E-state index contributed by atoms with van der Waals surface area (Å²) in [5, 5.41) is 0. The molecule has 1 aromatic carbocycles. The van der Waals surface area contributed by atoms with Crippen LogP contribution < -0.4 is 4.90 Å². The standard InChI is InChI=1S/C17H25N/c1-6-10-16(15(4)14(2)3)13-18(5)17-11-8-7-9-12-17/h6-9,11-12,14,16H,1,4,10,13H2,2-3,5H3. The van der Waals surface area contributed by atoms with Gasteiger partial charge in [0.1, 0.15) is 0 Å². The molecule has 1 atom stereocenters. The molecular weight excluding hydrogens is 218 g/mol. The first-order chi connectivity index (χ1) is 8.56. The Morgan fingerprint density at radius 3 is 2.39 bits per heavy atom. The number of anilines is 1. The van der Waals surface area contributed by atoms with Gasteiger partial charge in [-0.3, -0.25) is 0 Å². The van der Waals surface area contributed by atoms with Crippen LogP contribution in [0.3, 0.4) is 0 Å². The van der Waals surface area contributed by atoms with Crippen LogP contribution in [-0.2, 0) is 0 Å². The molecule has 1 heteroatoms. The fourth-order valence-corrected chi connectivity index (χ4v) is 2.13. The lowest BCUT2D eigenvalue weighted by Crippen LogP contribution is -2.27. The van der Waals surface area contributed by atoms with Gasteiger partial charge in [-0.05, 0) is 24.5 Å². The maximum absolute atomic E-state index is 4.25. The van der Waals surface area contributed by atoms with Gasteiger partial charge < -0.3 is 4.90 Å². The van der Waals surface area contributed by atoms with Crippen molar-refractivity contribution < 1.29 is 0 Å². The first-order valence-corrected chi connectivity index (χ1v) is 6.62. The van der Waals surface area contributed by atoms with Crippen LogP contribution in [-0.4, -0.2) is 13.6 Å². The summed E-state index contributed by atoms with van der Waals surface area (Å²) in [6.07, 6.45) is 2.99. The highest BCUT2D eigenvalue weighted by atomic mass is 15.1. The number of hydrogen-bond donors (Lipinski definition) is 0. The minimum atomic E-state index is 0.479. The van der Waals surface area contributed by atoms with Crippen molar-refractivity contribution in [2.75, 3.05) is 18.5 Å². The molecule has 1 nitrogen and oxygen atoms in total. The Morgan fingerprint density at radius 1 is 1.28 bits per heavy atom. The summed E-state index contributed by atoms with van der Waals surface area (Å²) >= 11 is 0. The summed E-state index contributed by atoms with van der Waals surface area (Å²) < 4.78 is 0. The quantitative estimate of drug-likeness (QED) is 0.636. The molecule has 18 heavy (non-hydrogen) atoms. The van der Waals surface area contributed by atoms with Gasteiger partial charge in [-0.2, -0.15) is 0 Å². The molecule has 0 spiro atoms. The van der Waals surface area contributed by atoms with E-state index >= 15 is 0 Å². The molecule has 0 aliphatic carbocycles. The molecule has 0 saturated heterocycles. The summed E-state index contributed by atoms with van der Waals surface area (Å²) in [6.45, 7) is 13.5. The summed E-state index contributed by atoms with van der Waals surface area (Å²) in [7, 11) is 2.14. The van der Waals surface area contributed by atoms with Crippen LogP contribution in [0.5, 0.6) is 0 Å². The SMILES string of the molecule is C=CCC(CN(C)c1ccccc1)C(=C)C(C)C. The fourth-order valence-electron chi connectivity index (χ4n) is 2.13. The molecule has 0 amide bonds. The van der Waals surface area contributed by atoms with Crippen molar-refractivity contribution >= 4 is 5.69 Å². The van der Waals surface area contributed by atoms with Crippen LogP contribution in [0.4, 0.5) is 5.69 Å². The third kappa shape index (κ3) is 4.06. The highest BCUT2D eigenvalue weighted by molar-refractivity contribution is 5.45.